The van der Waals surface area contributed by atoms with Gasteiger partial charge in [0.05, 0.1) is 13.2 Å². The topological polar surface area (TPSA) is 38.7 Å². The van der Waals surface area contributed by atoms with Crippen LogP contribution in [0.5, 0.6) is 17.2 Å². The smallest absolute Gasteiger partial charge is 0.130 e. The van der Waals surface area contributed by atoms with Crippen LogP contribution in [0.3, 0.4) is 0 Å². The van der Waals surface area contributed by atoms with Gasteiger partial charge in [-0.25, -0.2) is 0 Å². The number of ether oxygens (including phenoxy) is 2. The number of fused-ring (bicyclic) bond motifs is 1. The number of phenolic OH excluding ortho intramolecular Hbond substituents is 1. The van der Waals surface area contributed by atoms with E-state index in [1.807, 2.05) is 6.92 Å². The normalized spacial score (nSPS) is 19.7. The lowest BCUT2D eigenvalue weighted by molar-refractivity contribution is 0.189. The second-order valence-corrected chi connectivity index (χ2v) is 3.59. The molecule has 14 heavy (non-hydrogen) atoms. The molecule has 0 saturated carbocycles. The summed E-state index contributed by atoms with van der Waals surface area (Å²) in [6.07, 6.45) is 2.16. The second kappa shape index (κ2) is 3.40. The largest absolute Gasteiger partial charge is 0.508 e. The molecule has 0 saturated heterocycles. The molecule has 0 bridgehead atoms. The van der Waals surface area contributed by atoms with Crippen molar-refractivity contribution in [3.63, 3.8) is 0 Å². The van der Waals surface area contributed by atoms with Crippen molar-refractivity contribution in [2.45, 2.75) is 25.9 Å². The highest BCUT2D eigenvalue weighted by Gasteiger charge is 2.20. The first kappa shape index (κ1) is 9.19. The van der Waals surface area contributed by atoms with Crippen molar-refractivity contribution in [3.8, 4) is 17.2 Å². The monoisotopic (exact) mass is 194 g/mol. The molecule has 1 aliphatic rings. The maximum Gasteiger partial charge on any atom is 0.130 e. The number of aromatic hydroxyl groups is 1. The average Bonchev–Trinajstić information content (AvgIpc) is 2.15. The molecule has 2 rings (SSSR count). The Morgan fingerprint density at radius 1 is 1.50 bits per heavy atom. The van der Waals surface area contributed by atoms with Gasteiger partial charge in [0, 0.05) is 17.7 Å². The summed E-state index contributed by atoms with van der Waals surface area (Å²) in [5.74, 6) is 1.65. The van der Waals surface area contributed by atoms with Gasteiger partial charge in [-0.2, -0.15) is 0 Å². The minimum absolute atomic E-state index is 0.190. The van der Waals surface area contributed by atoms with Crippen molar-refractivity contribution in [1.29, 1.82) is 0 Å². The van der Waals surface area contributed by atoms with Crippen LogP contribution in [0.15, 0.2) is 12.1 Å². The van der Waals surface area contributed by atoms with E-state index in [2.05, 4.69) is 0 Å². The summed E-state index contributed by atoms with van der Waals surface area (Å²) in [7, 11) is 1.60. The molecule has 1 N–H and O–H groups in total. The Balaban J connectivity index is 2.46. The molecule has 0 radical (unpaired) electrons. The van der Waals surface area contributed by atoms with Gasteiger partial charge in [-0.05, 0) is 19.8 Å². The molecule has 1 aromatic carbocycles. The second-order valence-electron chi connectivity index (χ2n) is 3.59. The van der Waals surface area contributed by atoms with Crippen molar-refractivity contribution in [2.24, 2.45) is 0 Å². The molecular weight excluding hydrogens is 180 g/mol. The van der Waals surface area contributed by atoms with E-state index in [4.69, 9.17) is 9.47 Å². The van der Waals surface area contributed by atoms with Gasteiger partial charge in [0.1, 0.15) is 17.2 Å². The van der Waals surface area contributed by atoms with Crippen molar-refractivity contribution in [3.05, 3.63) is 17.7 Å². The molecule has 0 aliphatic carbocycles. The summed E-state index contributed by atoms with van der Waals surface area (Å²) >= 11 is 0. The molecule has 1 aliphatic heterocycles. The third-order valence-corrected chi connectivity index (χ3v) is 2.50. The van der Waals surface area contributed by atoms with Gasteiger partial charge < -0.3 is 14.6 Å². The summed E-state index contributed by atoms with van der Waals surface area (Å²) in [5, 5.41) is 9.43. The third-order valence-electron chi connectivity index (χ3n) is 2.50. The van der Waals surface area contributed by atoms with Crippen LogP contribution in [0.2, 0.25) is 0 Å². The van der Waals surface area contributed by atoms with Crippen LogP contribution in [0.4, 0.5) is 0 Å². The SMILES string of the molecule is COc1cc(O)cc2c1CC[C@H](C)O2. The summed E-state index contributed by atoms with van der Waals surface area (Å²) in [6, 6.07) is 3.27. The lowest BCUT2D eigenvalue weighted by Crippen LogP contribution is -2.19. The molecule has 0 spiro atoms. The van der Waals surface area contributed by atoms with E-state index in [9.17, 15) is 5.11 Å². The molecule has 1 aromatic rings. The summed E-state index contributed by atoms with van der Waals surface area (Å²) in [4.78, 5) is 0. The maximum absolute atomic E-state index is 9.43. The van der Waals surface area contributed by atoms with Gasteiger partial charge >= 0.3 is 0 Å². The molecule has 3 nitrogen and oxygen atoms in total. The van der Waals surface area contributed by atoms with Crippen LogP contribution in [0, 0.1) is 0 Å². The van der Waals surface area contributed by atoms with Crippen molar-refractivity contribution in [1.82, 2.24) is 0 Å². The zero-order valence-corrected chi connectivity index (χ0v) is 8.41. The van der Waals surface area contributed by atoms with Crippen LogP contribution >= 0.6 is 0 Å². The number of rotatable bonds is 1. The van der Waals surface area contributed by atoms with E-state index in [-0.39, 0.29) is 11.9 Å². The maximum atomic E-state index is 9.43. The summed E-state index contributed by atoms with van der Waals surface area (Å²) < 4.78 is 10.8. The summed E-state index contributed by atoms with van der Waals surface area (Å²) in [6.45, 7) is 2.03. The van der Waals surface area contributed by atoms with Crippen LogP contribution in [-0.4, -0.2) is 18.3 Å². The molecule has 0 aromatic heterocycles. The Hall–Kier alpha value is -1.38. The van der Waals surface area contributed by atoms with Crippen LogP contribution in [0.1, 0.15) is 18.9 Å². The first-order chi connectivity index (χ1) is 6.70. The van der Waals surface area contributed by atoms with Gasteiger partial charge in [-0.1, -0.05) is 0 Å². The van der Waals surface area contributed by atoms with Gasteiger partial charge in [0.25, 0.3) is 0 Å². The third kappa shape index (κ3) is 1.50. The Bertz CT molecular complexity index is 347. The van der Waals surface area contributed by atoms with Crippen molar-refractivity contribution < 1.29 is 14.6 Å². The van der Waals surface area contributed by atoms with Gasteiger partial charge in [-0.3, -0.25) is 0 Å². The van der Waals surface area contributed by atoms with Crippen LogP contribution in [-0.2, 0) is 6.42 Å². The van der Waals surface area contributed by atoms with E-state index in [0.717, 1.165) is 24.2 Å². The molecule has 0 fully saturated rings. The van der Waals surface area contributed by atoms with E-state index >= 15 is 0 Å². The molecular formula is C11H14O3. The average molecular weight is 194 g/mol. The number of hydrogen-bond acceptors (Lipinski definition) is 3. The number of methoxy groups -OCH3 is 1. The Morgan fingerprint density at radius 3 is 3.00 bits per heavy atom. The Kier molecular flexibility index (Phi) is 2.23. The fraction of sp³-hybridized carbons (Fsp3) is 0.455. The van der Waals surface area contributed by atoms with Gasteiger partial charge in [-0.15, -0.1) is 0 Å². The highest BCUT2D eigenvalue weighted by Crippen LogP contribution is 2.38. The van der Waals surface area contributed by atoms with Crippen LogP contribution < -0.4 is 9.47 Å². The highest BCUT2D eigenvalue weighted by molar-refractivity contribution is 5.51. The molecule has 1 heterocycles. The van der Waals surface area contributed by atoms with E-state index < -0.39 is 0 Å². The molecule has 3 heteroatoms. The van der Waals surface area contributed by atoms with Crippen LogP contribution in [0.25, 0.3) is 0 Å². The van der Waals surface area contributed by atoms with Crippen molar-refractivity contribution >= 4 is 0 Å². The minimum atomic E-state index is 0.190. The Morgan fingerprint density at radius 2 is 2.29 bits per heavy atom. The first-order valence-corrected chi connectivity index (χ1v) is 4.77. The standard InChI is InChI=1S/C11H14O3/c1-7-3-4-9-10(13-2)5-8(12)6-11(9)14-7/h5-7,12H,3-4H2,1-2H3/t7-/m0/s1. The van der Waals surface area contributed by atoms with E-state index in [1.54, 1.807) is 19.2 Å². The van der Waals surface area contributed by atoms with Gasteiger partial charge in [0.2, 0.25) is 0 Å². The summed E-state index contributed by atoms with van der Waals surface area (Å²) in [5.41, 5.74) is 1.06. The quantitative estimate of drug-likeness (QED) is 0.744. The zero-order valence-electron chi connectivity index (χ0n) is 8.41. The first-order valence-electron chi connectivity index (χ1n) is 4.77. The number of benzene rings is 1. The minimum Gasteiger partial charge on any atom is -0.508 e. The molecule has 1 atom stereocenters. The lowest BCUT2D eigenvalue weighted by Gasteiger charge is -2.24. The predicted octanol–water partition coefficient (Wildman–Crippen LogP) is 2.11. The predicted molar refractivity (Wildman–Crippen MR) is 53.1 cm³/mol. The van der Waals surface area contributed by atoms with Gasteiger partial charge in [0.15, 0.2) is 0 Å². The molecule has 76 valence electrons. The number of hydrogen-bond donors (Lipinski definition) is 1. The molecule has 0 unspecified atom stereocenters. The van der Waals surface area contributed by atoms with E-state index in [0.29, 0.717) is 5.75 Å². The Labute approximate surface area is 83.3 Å². The number of phenols is 1. The molecule has 0 amide bonds. The fourth-order valence-corrected chi connectivity index (χ4v) is 1.76. The highest BCUT2D eigenvalue weighted by atomic mass is 16.5. The van der Waals surface area contributed by atoms with Crippen molar-refractivity contribution in [2.75, 3.05) is 7.11 Å². The zero-order chi connectivity index (χ0) is 10.1. The lowest BCUT2D eigenvalue weighted by atomic mass is 10.0. The van der Waals surface area contributed by atoms with E-state index in [1.165, 1.54) is 0 Å². The fourth-order valence-electron chi connectivity index (χ4n) is 1.76.